The van der Waals surface area contributed by atoms with E-state index >= 15 is 0 Å². The lowest BCUT2D eigenvalue weighted by Crippen LogP contribution is -1.86. The highest BCUT2D eigenvalue weighted by Crippen LogP contribution is 2.22. The summed E-state index contributed by atoms with van der Waals surface area (Å²) in [6.45, 7) is 0. The van der Waals surface area contributed by atoms with E-state index in [2.05, 4.69) is 15.3 Å². The molecule has 2 N–H and O–H groups in total. The molecule has 0 amide bonds. The Morgan fingerprint density at radius 1 is 1.47 bits per heavy atom. The number of nitrogens with zero attached hydrogens (tertiary/aromatic N) is 3. The number of aldehydes is 1. The van der Waals surface area contributed by atoms with Crippen molar-refractivity contribution >= 4 is 29.9 Å². The van der Waals surface area contributed by atoms with E-state index in [9.17, 15) is 4.79 Å². The summed E-state index contributed by atoms with van der Waals surface area (Å²) in [7, 11) is 0. The maximum atomic E-state index is 10.3. The molecule has 0 aromatic heterocycles. The molecule has 0 unspecified atom stereocenters. The maximum Gasteiger partial charge on any atom is 0.140 e. The number of hydrogen-bond acceptors (Lipinski definition) is 3. The van der Waals surface area contributed by atoms with Gasteiger partial charge in [0.25, 0.3) is 0 Å². The van der Waals surface area contributed by atoms with Gasteiger partial charge in [-0.3, -0.25) is 0 Å². The average Bonchev–Trinajstić information content (AvgIpc) is 2.23. The Kier molecular flexibility index (Phi) is 4.43. The minimum atomic E-state index is 0.297. The van der Waals surface area contributed by atoms with Crippen LogP contribution in [0.5, 0.6) is 0 Å². The van der Waals surface area contributed by atoms with Crippen LogP contribution in [-0.2, 0) is 11.2 Å². The Hall–Kier alpha value is -1.75. The van der Waals surface area contributed by atoms with Crippen LogP contribution in [0.1, 0.15) is 5.56 Å². The molecule has 0 radical (unpaired) electrons. The summed E-state index contributed by atoms with van der Waals surface area (Å²) < 4.78 is 0. The Bertz CT molecular complexity index is 403. The predicted molar refractivity (Wildman–Crippen MR) is 58.4 cm³/mol. The Morgan fingerprint density at radius 2 is 2.27 bits per heavy atom. The topological polar surface area (TPSA) is 80.2 Å². The standard InChI is InChI=1S/C9H9ClN4O/c10-9-5-8(12-6-13-14-11)2-1-7(9)3-4-15/h1-2,4-6H,3H2,(H2,11,12,13). The number of carbonyl (C=O) groups is 1. The largest absolute Gasteiger partial charge is 0.305 e. The van der Waals surface area contributed by atoms with E-state index in [0.29, 0.717) is 17.1 Å². The third-order valence-electron chi connectivity index (χ3n) is 1.67. The Labute approximate surface area is 91.6 Å². The van der Waals surface area contributed by atoms with Crippen molar-refractivity contribution in [2.45, 2.75) is 6.42 Å². The average molecular weight is 225 g/mol. The van der Waals surface area contributed by atoms with Gasteiger partial charge in [0.05, 0.1) is 5.69 Å². The van der Waals surface area contributed by atoms with E-state index in [0.717, 1.165) is 11.8 Å². The highest BCUT2D eigenvalue weighted by molar-refractivity contribution is 6.31. The van der Waals surface area contributed by atoms with Gasteiger partial charge in [-0.2, -0.15) is 0 Å². The lowest BCUT2D eigenvalue weighted by Gasteiger charge is -2.00. The Balaban J connectivity index is 2.86. The van der Waals surface area contributed by atoms with Gasteiger partial charge in [-0.25, -0.2) is 4.99 Å². The van der Waals surface area contributed by atoms with Crippen LogP contribution in [0.3, 0.4) is 0 Å². The van der Waals surface area contributed by atoms with Crippen molar-refractivity contribution in [3.05, 3.63) is 28.8 Å². The van der Waals surface area contributed by atoms with Crippen LogP contribution in [-0.4, -0.2) is 12.6 Å². The molecule has 0 aliphatic carbocycles. The summed E-state index contributed by atoms with van der Waals surface area (Å²) in [6, 6.07) is 5.11. The molecule has 0 aliphatic rings. The van der Waals surface area contributed by atoms with Gasteiger partial charge in [0, 0.05) is 11.4 Å². The molecular formula is C9H9ClN4O. The third-order valence-corrected chi connectivity index (χ3v) is 2.02. The molecule has 0 aliphatic heterocycles. The zero-order valence-corrected chi connectivity index (χ0v) is 8.55. The second kappa shape index (κ2) is 5.87. The second-order valence-corrected chi connectivity index (χ2v) is 3.03. The highest BCUT2D eigenvalue weighted by atomic mass is 35.5. The molecule has 6 heteroatoms. The van der Waals surface area contributed by atoms with Crippen molar-refractivity contribution in [3.63, 3.8) is 0 Å². The van der Waals surface area contributed by atoms with Crippen LogP contribution >= 0.6 is 11.6 Å². The first-order valence-corrected chi connectivity index (χ1v) is 4.50. The van der Waals surface area contributed by atoms with Crippen LogP contribution < -0.4 is 5.84 Å². The molecule has 0 spiro atoms. The molecule has 15 heavy (non-hydrogen) atoms. The molecule has 0 fully saturated rings. The first kappa shape index (κ1) is 11.3. The van der Waals surface area contributed by atoms with Gasteiger partial charge in [0.15, 0.2) is 0 Å². The number of aliphatic imine (C=N–C) groups is 1. The minimum Gasteiger partial charge on any atom is -0.305 e. The number of benzene rings is 1. The van der Waals surface area contributed by atoms with Gasteiger partial charge in [0.2, 0.25) is 0 Å². The molecular weight excluding hydrogens is 216 g/mol. The van der Waals surface area contributed by atoms with Crippen molar-refractivity contribution in [2.24, 2.45) is 21.2 Å². The van der Waals surface area contributed by atoms with Crippen LogP contribution in [0.2, 0.25) is 5.02 Å². The summed E-state index contributed by atoms with van der Waals surface area (Å²) in [5.41, 5.74) is 1.40. The number of nitrogens with two attached hydrogens (primary N) is 1. The summed E-state index contributed by atoms with van der Waals surface area (Å²) in [6.07, 6.45) is 2.31. The Morgan fingerprint density at radius 3 is 2.87 bits per heavy atom. The van der Waals surface area contributed by atoms with Crippen LogP contribution in [0.4, 0.5) is 5.69 Å². The highest BCUT2D eigenvalue weighted by Gasteiger charge is 1.99. The lowest BCUT2D eigenvalue weighted by atomic mass is 10.1. The zero-order valence-electron chi connectivity index (χ0n) is 7.80. The molecule has 5 nitrogen and oxygen atoms in total. The lowest BCUT2D eigenvalue weighted by molar-refractivity contribution is -0.107. The molecule has 0 heterocycles. The van der Waals surface area contributed by atoms with E-state index < -0.39 is 0 Å². The van der Waals surface area contributed by atoms with E-state index in [1.54, 1.807) is 18.2 Å². The van der Waals surface area contributed by atoms with Gasteiger partial charge in [-0.1, -0.05) is 22.9 Å². The summed E-state index contributed by atoms with van der Waals surface area (Å²) in [5, 5.41) is 6.89. The van der Waals surface area contributed by atoms with E-state index in [1.807, 2.05) is 0 Å². The van der Waals surface area contributed by atoms with Crippen molar-refractivity contribution in [2.75, 3.05) is 0 Å². The SMILES string of the molecule is NN=NC=Nc1ccc(CC=O)c(Cl)c1. The van der Waals surface area contributed by atoms with Crippen LogP contribution in [0.25, 0.3) is 0 Å². The van der Waals surface area contributed by atoms with Crippen molar-refractivity contribution < 1.29 is 4.79 Å². The molecule has 0 saturated heterocycles. The van der Waals surface area contributed by atoms with E-state index in [-0.39, 0.29) is 0 Å². The molecule has 0 bridgehead atoms. The van der Waals surface area contributed by atoms with Gasteiger partial charge in [-0.15, -0.1) is 5.11 Å². The number of hydrogen-bond donors (Lipinski definition) is 1. The molecule has 1 aromatic carbocycles. The van der Waals surface area contributed by atoms with Gasteiger partial charge >= 0.3 is 0 Å². The molecule has 78 valence electrons. The van der Waals surface area contributed by atoms with Crippen molar-refractivity contribution in [1.29, 1.82) is 0 Å². The summed E-state index contributed by atoms with van der Waals surface area (Å²) in [4.78, 5) is 14.2. The summed E-state index contributed by atoms with van der Waals surface area (Å²) in [5.74, 6) is 4.79. The summed E-state index contributed by atoms with van der Waals surface area (Å²) >= 11 is 5.91. The number of carbonyl (C=O) groups excluding carboxylic acids is 1. The maximum absolute atomic E-state index is 10.3. The van der Waals surface area contributed by atoms with E-state index in [4.69, 9.17) is 17.4 Å². The van der Waals surface area contributed by atoms with Gasteiger partial charge in [0.1, 0.15) is 12.6 Å². The monoisotopic (exact) mass is 224 g/mol. The first-order valence-electron chi connectivity index (χ1n) is 4.12. The fourth-order valence-electron chi connectivity index (χ4n) is 0.994. The van der Waals surface area contributed by atoms with Gasteiger partial charge < -0.3 is 10.6 Å². The van der Waals surface area contributed by atoms with Gasteiger partial charge in [-0.05, 0) is 17.7 Å². The fraction of sp³-hybridized carbons (Fsp3) is 0.111. The second-order valence-electron chi connectivity index (χ2n) is 2.62. The number of rotatable bonds is 4. The predicted octanol–water partition coefficient (Wildman–Crippen LogP) is 2.07. The molecule has 0 saturated carbocycles. The first-order chi connectivity index (χ1) is 7.27. The number of halogens is 1. The zero-order chi connectivity index (χ0) is 11.1. The van der Waals surface area contributed by atoms with Crippen LogP contribution in [0.15, 0.2) is 33.5 Å². The van der Waals surface area contributed by atoms with Crippen molar-refractivity contribution in [1.82, 2.24) is 0 Å². The molecule has 1 rings (SSSR count). The normalized spacial score (nSPS) is 11.3. The smallest absolute Gasteiger partial charge is 0.140 e. The van der Waals surface area contributed by atoms with Crippen molar-refractivity contribution in [3.8, 4) is 0 Å². The molecule has 1 aromatic rings. The minimum absolute atomic E-state index is 0.297. The van der Waals surface area contributed by atoms with E-state index in [1.165, 1.54) is 6.34 Å². The van der Waals surface area contributed by atoms with Crippen LogP contribution in [0, 0.1) is 0 Å². The fourth-order valence-corrected chi connectivity index (χ4v) is 1.25. The third kappa shape index (κ3) is 3.47. The quantitative estimate of drug-likeness (QED) is 0.212. The molecule has 0 atom stereocenters.